The van der Waals surface area contributed by atoms with E-state index in [0.717, 1.165) is 0 Å². The number of hydrogen-bond donors (Lipinski definition) is 0. The van der Waals surface area contributed by atoms with E-state index in [1.165, 1.54) is 0 Å². The minimum absolute atomic E-state index is 0.178. The molecule has 0 N–H and O–H groups in total. The van der Waals surface area contributed by atoms with Gasteiger partial charge in [0, 0.05) is 31.1 Å². The number of hydrogen-bond acceptors (Lipinski definition) is 2. The highest BCUT2D eigenvalue weighted by Gasteiger charge is 2.68. The number of benzene rings is 1. The smallest absolute Gasteiger partial charge is 0.231 e. The Morgan fingerprint density at radius 3 is 2.04 bits per heavy atom. The van der Waals surface area contributed by atoms with Crippen LogP contribution >= 0.6 is 23.2 Å². The van der Waals surface area contributed by atoms with Crippen molar-refractivity contribution < 1.29 is 22.8 Å². The van der Waals surface area contributed by atoms with Crippen molar-refractivity contribution in [3.63, 3.8) is 0 Å². The fraction of sp³-hybridized carbons (Fsp3) is 0.529. The molecule has 8 heteroatoms. The quantitative estimate of drug-likeness (QED) is 0.572. The number of amides is 1. The number of Topliss-reactive ketones (excluding diaryl/α,β-unsaturated/α-hetero) is 1. The molecule has 25 heavy (non-hydrogen) atoms. The van der Waals surface area contributed by atoms with Gasteiger partial charge < -0.3 is 4.90 Å². The summed E-state index contributed by atoms with van der Waals surface area (Å²) < 4.78 is 39.5. The lowest BCUT2D eigenvalue weighted by atomic mass is 9.88. The standard InChI is InChI=1S/C17H16Cl2F3NO2/c1-16(8-17(16,18)19)15(25)23-4-2-9(3-5-23)14(24)13-11(21)6-10(20)7-12(13)22/h6-7,9H,2-5,8H2,1H3. The molecule has 0 radical (unpaired) electrons. The van der Waals surface area contributed by atoms with Crippen LogP contribution in [-0.2, 0) is 4.79 Å². The van der Waals surface area contributed by atoms with E-state index in [4.69, 9.17) is 23.2 Å². The predicted molar refractivity (Wildman–Crippen MR) is 87.1 cm³/mol. The second-order valence-corrected chi connectivity index (χ2v) is 8.37. The highest BCUT2D eigenvalue weighted by Crippen LogP contribution is 2.64. The van der Waals surface area contributed by atoms with Crippen LogP contribution in [0.3, 0.4) is 0 Å². The molecule has 1 saturated carbocycles. The minimum atomic E-state index is -1.21. The number of halogens is 5. The molecule has 1 atom stereocenters. The third-order valence-corrected chi connectivity index (χ3v) is 6.24. The SMILES string of the molecule is CC1(C(=O)N2CCC(C(=O)c3c(F)cc(F)cc3F)CC2)CC1(Cl)Cl. The Morgan fingerprint density at radius 2 is 1.60 bits per heavy atom. The van der Waals surface area contributed by atoms with Crippen molar-refractivity contribution in [2.24, 2.45) is 11.3 Å². The molecule has 1 heterocycles. The molecule has 2 aliphatic rings. The second kappa shape index (κ2) is 6.16. The normalized spacial score (nSPS) is 25.8. The number of likely N-dealkylation sites (tertiary alicyclic amines) is 1. The van der Waals surface area contributed by atoms with Crippen LogP contribution in [0.2, 0.25) is 0 Å². The Balaban J connectivity index is 1.67. The molecule has 1 aromatic rings. The largest absolute Gasteiger partial charge is 0.342 e. The molecule has 0 bridgehead atoms. The fourth-order valence-electron chi connectivity index (χ4n) is 3.31. The zero-order valence-corrected chi connectivity index (χ0v) is 14.9. The molecular formula is C17H16Cl2F3NO2. The molecule has 3 rings (SSSR count). The molecule has 1 aliphatic carbocycles. The van der Waals surface area contributed by atoms with E-state index < -0.39 is 44.5 Å². The van der Waals surface area contributed by atoms with Crippen molar-refractivity contribution in [2.75, 3.05) is 13.1 Å². The van der Waals surface area contributed by atoms with Crippen LogP contribution in [0.4, 0.5) is 13.2 Å². The maximum absolute atomic E-state index is 13.8. The lowest BCUT2D eigenvalue weighted by molar-refractivity contribution is -0.137. The number of alkyl halides is 2. The van der Waals surface area contributed by atoms with Gasteiger partial charge in [0.25, 0.3) is 0 Å². The van der Waals surface area contributed by atoms with Gasteiger partial charge in [-0.2, -0.15) is 0 Å². The fourth-order valence-corrected chi connectivity index (χ4v) is 4.00. The van der Waals surface area contributed by atoms with Crippen LogP contribution in [0.15, 0.2) is 12.1 Å². The summed E-state index contributed by atoms with van der Waals surface area (Å²) in [5.74, 6) is -5.00. The van der Waals surface area contributed by atoms with Gasteiger partial charge in [0.15, 0.2) is 5.78 Å². The van der Waals surface area contributed by atoms with Gasteiger partial charge in [0.05, 0.1) is 11.0 Å². The van der Waals surface area contributed by atoms with Crippen molar-refractivity contribution in [2.45, 2.75) is 30.5 Å². The van der Waals surface area contributed by atoms with Gasteiger partial charge in [-0.25, -0.2) is 13.2 Å². The van der Waals surface area contributed by atoms with E-state index in [-0.39, 0.29) is 31.8 Å². The Morgan fingerprint density at radius 1 is 1.12 bits per heavy atom. The van der Waals surface area contributed by atoms with E-state index in [1.54, 1.807) is 11.8 Å². The molecular weight excluding hydrogens is 378 g/mol. The van der Waals surface area contributed by atoms with Crippen LogP contribution in [0, 0.1) is 28.8 Å². The van der Waals surface area contributed by atoms with Crippen molar-refractivity contribution >= 4 is 34.9 Å². The maximum atomic E-state index is 13.8. The van der Waals surface area contributed by atoms with Crippen LogP contribution in [0.5, 0.6) is 0 Å². The molecule has 2 fully saturated rings. The van der Waals surface area contributed by atoms with Crippen LogP contribution in [0.25, 0.3) is 0 Å². The van der Waals surface area contributed by atoms with E-state index in [0.29, 0.717) is 18.6 Å². The number of piperidine rings is 1. The Labute approximate surface area is 153 Å². The van der Waals surface area contributed by atoms with Crippen molar-refractivity contribution in [1.82, 2.24) is 4.90 Å². The molecule has 3 nitrogen and oxygen atoms in total. The van der Waals surface area contributed by atoms with E-state index in [9.17, 15) is 22.8 Å². The van der Waals surface area contributed by atoms with Crippen LogP contribution in [0.1, 0.15) is 36.5 Å². The summed E-state index contributed by atoms with van der Waals surface area (Å²) in [6.07, 6.45) is 0.912. The minimum Gasteiger partial charge on any atom is -0.342 e. The zero-order chi connectivity index (χ0) is 18.6. The van der Waals surface area contributed by atoms with Gasteiger partial charge in [-0.1, -0.05) is 0 Å². The molecule has 0 spiro atoms. The lowest BCUT2D eigenvalue weighted by Crippen LogP contribution is -2.44. The molecule has 1 amide bonds. The summed E-state index contributed by atoms with van der Waals surface area (Å²) in [4.78, 5) is 26.5. The monoisotopic (exact) mass is 393 g/mol. The van der Waals surface area contributed by atoms with Gasteiger partial charge in [-0.05, 0) is 26.2 Å². The van der Waals surface area contributed by atoms with E-state index in [2.05, 4.69) is 0 Å². The van der Waals surface area contributed by atoms with Gasteiger partial charge in [-0.15, -0.1) is 23.2 Å². The summed E-state index contributed by atoms with van der Waals surface area (Å²) >= 11 is 12.0. The summed E-state index contributed by atoms with van der Waals surface area (Å²) in [7, 11) is 0. The molecule has 1 unspecified atom stereocenters. The average molecular weight is 394 g/mol. The number of rotatable bonds is 3. The summed E-state index contributed by atoms with van der Waals surface area (Å²) in [5.41, 5.74) is -1.55. The van der Waals surface area contributed by atoms with E-state index >= 15 is 0 Å². The first kappa shape index (κ1) is 18.5. The summed E-state index contributed by atoms with van der Waals surface area (Å²) in [6.45, 7) is 2.24. The number of ketones is 1. The Hall–Kier alpha value is -1.27. The molecule has 1 aliphatic heterocycles. The molecule has 1 aromatic carbocycles. The number of carbonyl (C=O) groups excluding carboxylic acids is 2. The van der Waals surface area contributed by atoms with Crippen LogP contribution in [-0.4, -0.2) is 34.0 Å². The Bertz CT molecular complexity index is 724. The topological polar surface area (TPSA) is 37.4 Å². The van der Waals surface area contributed by atoms with Gasteiger partial charge in [0.1, 0.15) is 21.8 Å². The van der Waals surface area contributed by atoms with Crippen molar-refractivity contribution in [1.29, 1.82) is 0 Å². The first-order valence-corrected chi connectivity index (χ1v) is 8.68. The van der Waals surface area contributed by atoms with Gasteiger partial charge in [-0.3, -0.25) is 9.59 Å². The first-order valence-electron chi connectivity index (χ1n) is 7.93. The lowest BCUT2D eigenvalue weighted by Gasteiger charge is -2.33. The van der Waals surface area contributed by atoms with Crippen LogP contribution < -0.4 is 0 Å². The first-order chi connectivity index (χ1) is 11.6. The Kier molecular flexibility index (Phi) is 4.57. The maximum Gasteiger partial charge on any atom is 0.231 e. The third-order valence-electron chi connectivity index (χ3n) is 5.14. The molecule has 136 valence electrons. The summed E-state index contributed by atoms with van der Waals surface area (Å²) in [5, 5.41) is 0. The highest BCUT2D eigenvalue weighted by atomic mass is 35.5. The molecule has 0 aromatic heterocycles. The third kappa shape index (κ3) is 3.14. The van der Waals surface area contributed by atoms with Gasteiger partial charge in [0.2, 0.25) is 5.91 Å². The highest BCUT2D eigenvalue weighted by molar-refractivity contribution is 6.53. The van der Waals surface area contributed by atoms with Gasteiger partial charge >= 0.3 is 0 Å². The average Bonchev–Trinajstić information content (AvgIpc) is 3.05. The summed E-state index contributed by atoms with van der Waals surface area (Å²) in [6, 6.07) is 0.979. The predicted octanol–water partition coefficient (Wildman–Crippen LogP) is 4.11. The van der Waals surface area contributed by atoms with Crippen molar-refractivity contribution in [3.05, 3.63) is 35.1 Å². The van der Waals surface area contributed by atoms with Crippen molar-refractivity contribution in [3.8, 4) is 0 Å². The number of carbonyl (C=O) groups is 2. The van der Waals surface area contributed by atoms with E-state index in [1.807, 2.05) is 0 Å². The molecule has 1 saturated heterocycles. The number of nitrogens with zero attached hydrogens (tertiary/aromatic N) is 1. The second-order valence-electron chi connectivity index (χ2n) is 6.89. The zero-order valence-electron chi connectivity index (χ0n) is 13.4.